The summed E-state index contributed by atoms with van der Waals surface area (Å²) in [5.74, 6) is 1.84. The van der Waals surface area contributed by atoms with Crippen LogP contribution in [0.3, 0.4) is 0 Å². The lowest BCUT2D eigenvalue weighted by atomic mass is 9.96. The number of carbonyl (C=O) groups excluding carboxylic acids is 1. The molecular formula is C25H29N5O4S. The first-order valence-electron chi connectivity index (χ1n) is 11.7. The van der Waals surface area contributed by atoms with Gasteiger partial charge in [-0.05, 0) is 43.2 Å². The fraction of sp³-hybridized carbons (Fsp3) is 0.400. The first-order valence-corrected chi connectivity index (χ1v) is 13.2. The fourth-order valence-corrected chi connectivity index (χ4v) is 5.56. The van der Waals surface area contributed by atoms with E-state index in [-0.39, 0.29) is 16.7 Å². The van der Waals surface area contributed by atoms with Gasteiger partial charge in [-0.1, -0.05) is 12.1 Å². The van der Waals surface area contributed by atoms with Crippen LogP contribution >= 0.6 is 0 Å². The summed E-state index contributed by atoms with van der Waals surface area (Å²) in [5.41, 5.74) is 3.12. The normalized spacial score (nSPS) is 15.5. The van der Waals surface area contributed by atoms with E-state index in [1.54, 1.807) is 18.2 Å². The monoisotopic (exact) mass is 495 g/mol. The highest BCUT2D eigenvalue weighted by atomic mass is 32.2. The van der Waals surface area contributed by atoms with Gasteiger partial charge in [0.25, 0.3) is 0 Å². The van der Waals surface area contributed by atoms with Crippen LogP contribution in [0, 0.1) is 0 Å². The molecule has 1 amide bonds. The number of nitrogens with zero attached hydrogens (tertiary/aromatic N) is 5. The van der Waals surface area contributed by atoms with E-state index in [1.165, 1.54) is 18.4 Å². The number of piperidine rings is 1. The van der Waals surface area contributed by atoms with Crippen molar-refractivity contribution >= 4 is 38.1 Å². The van der Waals surface area contributed by atoms with Crippen molar-refractivity contribution in [2.45, 2.75) is 36.5 Å². The summed E-state index contributed by atoms with van der Waals surface area (Å²) in [6, 6.07) is 12.7. The lowest BCUT2D eigenvalue weighted by molar-refractivity contribution is -0.132. The van der Waals surface area contributed by atoms with Gasteiger partial charge in [-0.3, -0.25) is 4.79 Å². The second-order valence-corrected chi connectivity index (χ2v) is 11.4. The van der Waals surface area contributed by atoms with Gasteiger partial charge in [0.1, 0.15) is 11.3 Å². The number of imidazole rings is 1. The van der Waals surface area contributed by atoms with Crippen LogP contribution in [0.25, 0.3) is 22.1 Å². The minimum absolute atomic E-state index is 0.101. The van der Waals surface area contributed by atoms with Crippen LogP contribution in [0.1, 0.15) is 36.9 Å². The molecule has 1 fully saturated rings. The van der Waals surface area contributed by atoms with E-state index >= 15 is 0 Å². The second-order valence-electron chi connectivity index (χ2n) is 9.20. The molecule has 2 aromatic carbocycles. The molecule has 0 bridgehead atoms. The minimum Gasteiger partial charge on any atom is -0.440 e. The Morgan fingerprint density at radius 2 is 1.83 bits per heavy atom. The molecule has 5 rings (SSSR count). The second kappa shape index (κ2) is 9.09. The van der Waals surface area contributed by atoms with Crippen molar-refractivity contribution in [3.05, 3.63) is 54.2 Å². The zero-order valence-electron chi connectivity index (χ0n) is 20.1. The van der Waals surface area contributed by atoms with Gasteiger partial charge >= 0.3 is 0 Å². The number of hydrogen-bond acceptors (Lipinski definition) is 6. The van der Waals surface area contributed by atoms with E-state index in [0.717, 1.165) is 41.2 Å². The standard InChI is InChI=1S/C25H29N5O4S/c1-28(2)35(32,33)18-8-9-21-20(16-18)26-23(29(21)3)10-11-24(31)30-14-12-17(13-15-30)25-27-19-6-4-5-7-22(19)34-25/h4-9,16-17H,10-15H2,1-3H3. The lowest BCUT2D eigenvalue weighted by Crippen LogP contribution is -2.38. The maximum absolute atomic E-state index is 12.9. The SMILES string of the molecule is CN(C)S(=O)(=O)c1ccc2c(c1)nc(CCC(=O)N1CCC(c3nc4ccccc4o3)CC1)n2C. The van der Waals surface area contributed by atoms with E-state index < -0.39 is 10.0 Å². The highest BCUT2D eigenvalue weighted by molar-refractivity contribution is 7.89. The summed E-state index contributed by atoms with van der Waals surface area (Å²) >= 11 is 0. The number of oxazole rings is 1. The van der Waals surface area contributed by atoms with Gasteiger partial charge in [0.15, 0.2) is 11.5 Å². The minimum atomic E-state index is -3.53. The van der Waals surface area contributed by atoms with Crippen molar-refractivity contribution in [1.82, 2.24) is 23.7 Å². The number of rotatable bonds is 6. The maximum atomic E-state index is 12.9. The molecule has 4 aromatic rings. The summed E-state index contributed by atoms with van der Waals surface area (Å²) in [6.45, 7) is 1.35. The van der Waals surface area contributed by atoms with Gasteiger partial charge in [0.2, 0.25) is 15.9 Å². The number of aromatic nitrogens is 3. The Balaban J connectivity index is 1.21. The van der Waals surface area contributed by atoms with Crippen LogP contribution in [0.5, 0.6) is 0 Å². The van der Waals surface area contributed by atoms with Gasteiger partial charge < -0.3 is 13.9 Å². The van der Waals surface area contributed by atoms with Gasteiger partial charge in [-0.25, -0.2) is 22.7 Å². The zero-order chi connectivity index (χ0) is 24.7. The molecule has 184 valence electrons. The first-order chi connectivity index (χ1) is 16.7. The van der Waals surface area contributed by atoms with E-state index in [2.05, 4.69) is 9.97 Å². The average Bonchev–Trinajstić information content (AvgIpc) is 3.43. The number of likely N-dealkylation sites (tertiary alicyclic amines) is 1. The largest absolute Gasteiger partial charge is 0.440 e. The molecule has 1 saturated heterocycles. The van der Waals surface area contributed by atoms with E-state index in [9.17, 15) is 13.2 Å². The van der Waals surface area contributed by atoms with Crippen LogP contribution in [0.4, 0.5) is 0 Å². The Morgan fingerprint density at radius 3 is 2.54 bits per heavy atom. The number of carbonyl (C=O) groups is 1. The number of benzene rings is 2. The van der Waals surface area contributed by atoms with Crippen LogP contribution in [-0.4, -0.2) is 65.3 Å². The zero-order valence-corrected chi connectivity index (χ0v) is 21.0. The Bertz CT molecular complexity index is 1460. The maximum Gasteiger partial charge on any atom is 0.242 e. The van der Waals surface area contributed by atoms with Crippen molar-refractivity contribution < 1.29 is 17.6 Å². The summed E-state index contributed by atoms with van der Waals surface area (Å²) in [4.78, 5) is 24.3. The molecule has 2 aromatic heterocycles. The topological polar surface area (TPSA) is 102 Å². The first kappa shape index (κ1) is 23.5. The predicted molar refractivity (Wildman–Crippen MR) is 132 cm³/mol. The lowest BCUT2D eigenvalue weighted by Gasteiger charge is -2.30. The third kappa shape index (κ3) is 4.43. The molecule has 0 spiro atoms. The Kier molecular flexibility index (Phi) is 6.10. The number of sulfonamides is 1. The molecule has 0 radical (unpaired) electrons. The number of para-hydroxylation sites is 2. The van der Waals surface area contributed by atoms with E-state index in [0.29, 0.717) is 31.4 Å². The molecule has 0 N–H and O–H groups in total. The molecule has 1 aliphatic heterocycles. The smallest absolute Gasteiger partial charge is 0.242 e. The van der Waals surface area contributed by atoms with Gasteiger partial charge in [-0.15, -0.1) is 0 Å². The van der Waals surface area contributed by atoms with Crippen LogP contribution < -0.4 is 0 Å². The molecule has 0 saturated carbocycles. The Morgan fingerprint density at radius 1 is 1.09 bits per heavy atom. The van der Waals surface area contributed by atoms with Gasteiger partial charge in [-0.2, -0.15) is 0 Å². The third-order valence-electron chi connectivity index (χ3n) is 6.79. The Hall–Kier alpha value is -3.24. The molecular weight excluding hydrogens is 466 g/mol. The van der Waals surface area contributed by atoms with Crippen molar-refractivity contribution in [3.63, 3.8) is 0 Å². The number of fused-ring (bicyclic) bond motifs is 2. The molecule has 3 heterocycles. The summed E-state index contributed by atoms with van der Waals surface area (Å²) < 4.78 is 33.9. The Labute approximate surface area is 204 Å². The van der Waals surface area contributed by atoms with Crippen LogP contribution in [0.15, 0.2) is 51.8 Å². The van der Waals surface area contributed by atoms with Crippen molar-refractivity contribution in [2.24, 2.45) is 7.05 Å². The van der Waals surface area contributed by atoms with Crippen molar-refractivity contribution in [2.75, 3.05) is 27.2 Å². The number of amides is 1. The van der Waals surface area contributed by atoms with Crippen molar-refractivity contribution in [1.29, 1.82) is 0 Å². The molecule has 35 heavy (non-hydrogen) atoms. The molecule has 0 unspecified atom stereocenters. The molecule has 0 aliphatic carbocycles. The van der Waals surface area contributed by atoms with E-state index in [1.807, 2.05) is 40.8 Å². The van der Waals surface area contributed by atoms with E-state index in [4.69, 9.17) is 4.42 Å². The molecule has 10 heteroatoms. The number of hydrogen-bond donors (Lipinski definition) is 0. The molecule has 9 nitrogen and oxygen atoms in total. The summed E-state index contributed by atoms with van der Waals surface area (Å²) in [7, 11) is 1.37. The predicted octanol–water partition coefficient (Wildman–Crippen LogP) is 3.30. The molecule has 0 atom stereocenters. The fourth-order valence-electron chi connectivity index (χ4n) is 4.64. The van der Waals surface area contributed by atoms with Crippen LogP contribution in [0.2, 0.25) is 0 Å². The van der Waals surface area contributed by atoms with Crippen molar-refractivity contribution in [3.8, 4) is 0 Å². The highest BCUT2D eigenvalue weighted by Gasteiger charge is 2.27. The van der Waals surface area contributed by atoms with Crippen LogP contribution in [-0.2, 0) is 28.3 Å². The average molecular weight is 496 g/mol. The summed E-state index contributed by atoms with van der Waals surface area (Å²) in [5, 5.41) is 0. The van der Waals surface area contributed by atoms with Gasteiger partial charge in [0, 0.05) is 53.0 Å². The quantitative estimate of drug-likeness (QED) is 0.407. The summed E-state index contributed by atoms with van der Waals surface area (Å²) in [6.07, 6.45) is 2.50. The third-order valence-corrected chi connectivity index (χ3v) is 8.60. The highest BCUT2D eigenvalue weighted by Crippen LogP contribution is 2.30. The number of aryl methyl sites for hydroxylation is 2. The molecule has 1 aliphatic rings. The van der Waals surface area contributed by atoms with Gasteiger partial charge in [0.05, 0.1) is 15.9 Å².